The van der Waals surface area contributed by atoms with Crippen LogP contribution in [0.1, 0.15) is 50.0 Å². The maximum Gasteiger partial charge on any atom is 0.336 e. The predicted octanol–water partition coefficient (Wildman–Crippen LogP) is 5.04. The van der Waals surface area contributed by atoms with Crippen molar-refractivity contribution in [3.8, 4) is 0 Å². The zero-order valence-electron chi connectivity index (χ0n) is 22.5. The molecular weight excluding hydrogens is 549 g/mol. The average molecular weight is 589 g/mol. The van der Waals surface area contributed by atoms with Gasteiger partial charge in [-0.25, -0.2) is 9.59 Å². The lowest BCUT2D eigenvalue weighted by atomic mass is 9.78. The number of methoxy groups -OCH3 is 2. The van der Waals surface area contributed by atoms with E-state index in [4.69, 9.17) is 21.1 Å². The van der Waals surface area contributed by atoms with Gasteiger partial charge in [0.25, 0.3) is 0 Å². The number of halogens is 3. The van der Waals surface area contributed by atoms with Crippen LogP contribution in [0.4, 0.5) is 0 Å². The fraction of sp³-hybridized carbons (Fsp3) is 0.571. The van der Waals surface area contributed by atoms with Gasteiger partial charge < -0.3 is 24.2 Å². The number of likely N-dealkylation sites (tertiary alicyclic amines) is 2. The first-order valence-electron chi connectivity index (χ1n) is 13.0. The van der Waals surface area contributed by atoms with Gasteiger partial charge >= 0.3 is 11.9 Å². The first-order valence-corrected chi connectivity index (χ1v) is 13.4. The van der Waals surface area contributed by atoms with Gasteiger partial charge in [0.05, 0.1) is 31.3 Å². The summed E-state index contributed by atoms with van der Waals surface area (Å²) >= 11 is 6.70. The Kier molecular flexibility index (Phi) is 12.9. The Labute approximate surface area is 244 Å². The van der Waals surface area contributed by atoms with E-state index in [1.54, 1.807) is 6.07 Å². The van der Waals surface area contributed by atoms with Crippen molar-refractivity contribution in [2.24, 2.45) is 0 Å². The molecule has 0 unspecified atom stereocenters. The molecule has 0 atom stereocenters. The third-order valence-electron chi connectivity index (χ3n) is 7.76. The molecule has 0 aromatic heterocycles. The molecule has 0 bridgehead atoms. The van der Waals surface area contributed by atoms with Crippen LogP contribution >= 0.6 is 36.4 Å². The second-order valence-electron chi connectivity index (χ2n) is 9.81. The molecule has 212 valence electrons. The van der Waals surface area contributed by atoms with Gasteiger partial charge in [-0.1, -0.05) is 29.8 Å². The first-order chi connectivity index (χ1) is 17.5. The number of hydrogen-bond acceptors (Lipinski definition) is 7. The van der Waals surface area contributed by atoms with Gasteiger partial charge in [-0.2, -0.15) is 0 Å². The molecule has 7 nitrogen and oxygen atoms in total. The van der Waals surface area contributed by atoms with Crippen LogP contribution in [0.2, 0.25) is 5.02 Å². The topological polar surface area (TPSA) is 62.3 Å². The molecule has 4 rings (SSSR count). The molecule has 2 fully saturated rings. The van der Waals surface area contributed by atoms with E-state index in [0.29, 0.717) is 34.6 Å². The number of benzene rings is 1. The fourth-order valence-electron chi connectivity index (χ4n) is 5.86. The maximum atomic E-state index is 13.4. The maximum absolute atomic E-state index is 13.4. The fourth-order valence-corrected chi connectivity index (χ4v) is 6.10. The number of nitrogens with zero attached hydrogens (tertiary/aromatic N) is 3. The van der Waals surface area contributed by atoms with E-state index in [2.05, 4.69) is 14.7 Å². The summed E-state index contributed by atoms with van der Waals surface area (Å²) in [7, 11) is 4.75. The van der Waals surface area contributed by atoms with Crippen LogP contribution in [0, 0.1) is 0 Å². The van der Waals surface area contributed by atoms with Crippen LogP contribution in [0.15, 0.2) is 46.8 Å². The van der Waals surface area contributed by atoms with Gasteiger partial charge in [-0.15, -0.1) is 24.8 Å². The first kappa shape index (κ1) is 32.4. The van der Waals surface area contributed by atoms with E-state index in [1.165, 1.54) is 39.9 Å². The molecule has 0 spiro atoms. The van der Waals surface area contributed by atoms with Crippen LogP contribution in [0.25, 0.3) is 0 Å². The summed E-state index contributed by atoms with van der Waals surface area (Å²) in [6.45, 7) is 5.99. The molecule has 2 saturated heterocycles. The lowest BCUT2D eigenvalue weighted by Crippen LogP contribution is -2.37. The molecule has 0 aliphatic carbocycles. The molecule has 0 amide bonds. The SMILES string of the molecule is COC(=O)C1=C(CCN2CCCC2)N(C)C(CCN2CCCC2)=C(C(=O)OC)C1c1ccccc1Cl.Cl.Cl. The number of carbonyl (C=O) groups is 2. The van der Waals surface area contributed by atoms with Gasteiger partial charge in [0, 0.05) is 49.4 Å². The van der Waals surface area contributed by atoms with Gasteiger partial charge in [-0.05, 0) is 63.5 Å². The number of hydrogen-bond donors (Lipinski definition) is 0. The molecular formula is C28H40Cl3N3O4. The van der Waals surface area contributed by atoms with Crippen LogP contribution in [-0.4, -0.2) is 87.2 Å². The van der Waals surface area contributed by atoms with Crippen molar-refractivity contribution in [1.29, 1.82) is 0 Å². The zero-order chi connectivity index (χ0) is 25.7. The minimum Gasteiger partial charge on any atom is -0.466 e. The smallest absolute Gasteiger partial charge is 0.336 e. The molecule has 0 N–H and O–H groups in total. The summed E-state index contributed by atoms with van der Waals surface area (Å²) in [6, 6.07) is 7.43. The summed E-state index contributed by atoms with van der Waals surface area (Å²) in [5, 5.41) is 0.507. The molecule has 3 heterocycles. The van der Waals surface area contributed by atoms with Crippen LogP contribution in [0.3, 0.4) is 0 Å². The third kappa shape index (κ3) is 7.05. The van der Waals surface area contributed by atoms with Crippen molar-refractivity contribution < 1.29 is 19.1 Å². The summed E-state index contributed by atoms with van der Waals surface area (Å²) < 4.78 is 10.6. The Morgan fingerprint density at radius 1 is 0.816 bits per heavy atom. The van der Waals surface area contributed by atoms with Crippen molar-refractivity contribution in [2.75, 3.05) is 60.5 Å². The van der Waals surface area contributed by atoms with Crippen molar-refractivity contribution in [2.45, 2.75) is 44.4 Å². The lowest BCUT2D eigenvalue weighted by Gasteiger charge is -2.39. The van der Waals surface area contributed by atoms with Crippen LogP contribution in [0.5, 0.6) is 0 Å². The summed E-state index contributed by atoms with van der Waals surface area (Å²) in [5.41, 5.74) is 3.44. The van der Waals surface area contributed by atoms with E-state index in [0.717, 1.165) is 50.7 Å². The van der Waals surface area contributed by atoms with E-state index in [-0.39, 0.29) is 24.8 Å². The molecule has 0 saturated carbocycles. The number of rotatable bonds is 9. The Hall–Kier alpha value is -1.77. The number of ether oxygens (including phenoxy) is 2. The van der Waals surface area contributed by atoms with E-state index >= 15 is 0 Å². The van der Waals surface area contributed by atoms with Crippen molar-refractivity contribution in [3.05, 3.63) is 57.4 Å². The highest BCUT2D eigenvalue weighted by molar-refractivity contribution is 6.31. The average Bonchev–Trinajstić information content (AvgIpc) is 3.61. The molecule has 1 aromatic rings. The summed E-state index contributed by atoms with van der Waals surface area (Å²) in [4.78, 5) is 33.7. The number of esters is 2. The minimum absolute atomic E-state index is 0. The Balaban J connectivity index is 0.00000253. The summed E-state index contributed by atoms with van der Waals surface area (Å²) in [6.07, 6.45) is 6.18. The Morgan fingerprint density at radius 3 is 1.63 bits per heavy atom. The highest BCUT2D eigenvalue weighted by Gasteiger charge is 2.42. The Morgan fingerprint density at radius 2 is 1.24 bits per heavy atom. The molecule has 38 heavy (non-hydrogen) atoms. The quantitative estimate of drug-likeness (QED) is 0.375. The van der Waals surface area contributed by atoms with Crippen molar-refractivity contribution >= 4 is 48.4 Å². The van der Waals surface area contributed by atoms with E-state index in [1.807, 2.05) is 25.2 Å². The minimum atomic E-state index is -0.656. The standard InChI is InChI=1S/C28H38ClN3O4.2ClH/c1-30-22(12-18-31-14-6-7-15-31)25(27(33)35-2)24(20-10-4-5-11-21(20)29)26(28(34)36-3)23(30)13-19-32-16-8-9-17-32;;/h4-5,10-11,24H,6-9,12-19H2,1-3H3;2*1H. The number of carbonyl (C=O) groups excluding carboxylic acids is 2. The lowest BCUT2D eigenvalue weighted by molar-refractivity contribution is -0.137. The zero-order valence-corrected chi connectivity index (χ0v) is 24.9. The highest BCUT2D eigenvalue weighted by Crippen LogP contribution is 2.46. The molecule has 3 aliphatic heterocycles. The van der Waals surface area contributed by atoms with Gasteiger partial charge in [-0.3, -0.25) is 0 Å². The highest BCUT2D eigenvalue weighted by atomic mass is 35.5. The normalized spacial score (nSPS) is 18.9. The van der Waals surface area contributed by atoms with Gasteiger partial charge in [0.2, 0.25) is 0 Å². The van der Waals surface area contributed by atoms with E-state index < -0.39 is 17.9 Å². The monoisotopic (exact) mass is 587 g/mol. The van der Waals surface area contributed by atoms with Crippen LogP contribution in [-0.2, 0) is 19.1 Å². The van der Waals surface area contributed by atoms with Gasteiger partial charge in [0.1, 0.15) is 0 Å². The second kappa shape index (κ2) is 15.1. The van der Waals surface area contributed by atoms with Crippen molar-refractivity contribution in [3.63, 3.8) is 0 Å². The molecule has 1 aromatic carbocycles. The molecule has 0 radical (unpaired) electrons. The Bertz CT molecular complexity index is 976. The second-order valence-corrected chi connectivity index (χ2v) is 10.2. The predicted molar refractivity (Wildman–Crippen MR) is 155 cm³/mol. The van der Waals surface area contributed by atoms with Crippen LogP contribution < -0.4 is 0 Å². The van der Waals surface area contributed by atoms with E-state index in [9.17, 15) is 9.59 Å². The van der Waals surface area contributed by atoms with Crippen molar-refractivity contribution in [1.82, 2.24) is 14.7 Å². The largest absolute Gasteiger partial charge is 0.466 e. The molecule has 3 aliphatic rings. The summed E-state index contributed by atoms with van der Waals surface area (Å²) in [5.74, 6) is -1.54. The third-order valence-corrected chi connectivity index (χ3v) is 8.11. The van der Waals surface area contributed by atoms with Gasteiger partial charge in [0.15, 0.2) is 0 Å². The molecule has 10 heteroatoms.